The molecule has 5 heterocycles. The number of carbonyl (C=O) groups excluding carboxylic acids is 4. The maximum Gasteiger partial charge on any atom is 0.287 e. The van der Waals surface area contributed by atoms with Crippen molar-refractivity contribution >= 4 is 40.9 Å². The highest BCUT2D eigenvalue weighted by molar-refractivity contribution is 6.32. The lowest BCUT2D eigenvalue weighted by atomic mass is 9.85. The second-order valence-electron chi connectivity index (χ2n) is 13.8. The Kier molecular flexibility index (Phi) is 9.01. The van der Waals surface area contributed by atoms with Crippen LogP contribution in [0.2, 0.25) is 5.02 Å². The van der Waals surface area contributed by atoms with Crippen LogP contribution < -0.4 is 16.2 Å². The van der Waals surface area contributed by atoms with Crippen LogP contribution in [0, 0.1) is 0 Å². The number of piperidine rings is 3. The lowest BCUT2D eigenvalue weighted by Gasteiger charge is -2.37. The van der Waals surface area contributed by atoms with Crippen molar-refractivity contribution < 1.29 is 19.2 Å². The molecule has 4 amide bonds. The van der Waals surface area contributed by atoms with Crippen molar-refractivity contribution in [3.05, 3.63) is 91.9 Å². The minimum atomic E-state index is -0.642. The SMILES string of the molecule is CN1CC(Nc2cnn(C)c(=O)c2Cl)CC(c2ccc(C(=O)N3CCC(c4cccc5c4CN(C4CCC(=O)NC4=O)C5=O)CC3)cc2)C1. The van der Waals surface area contributed by atoms with Crippen LogP contribution in [-0.4, -0.2) is 93.4 Å². The summed E-state index contributed by atoms with van der Waals surface area (Å²) >= 11 is 6.31. The molecule has 3 aromatic rings. The summed E-state index contributed by atoms with van der Waals surface area (Å²) in [5.41, 5.74) is 4.69. The van der Waals surface area contributed by atoms with E-state index < -0.39 is 11.9 Å². The van der Waals surface area contributed by atoms with Gasteiger partial charge in [-0.25, -0.2) is 4.68 Å². The topological polar surface area (TPSA) is 137 Å². The molecule has 7 rings (SSSR count). The van der Waals surface area contributed by atoms with E-state index in [-0.39, 0.29) is 52.6 Å². The average molecular weight is 686 g/mol. The lowest BCUT2D eigenvalue weighted by Crippen LogP contribution is -2.52. The maximum atomic E-state index is 13.6. The number of halogens is 1. The Bertz CT molecular complexity index is 1870. The van der Waals surface area contributed by atoms with E-state index in [1.807, 2.05) is 41.3 Å². The fraction of sp³-hybridized carbons (Fsp3) is 0.444. The molecule has 3 saturated heterocycles. The van der Waals surface area contributed by atoms with Crippen molar-refractivity contribution in [2.24, 2.45) is 7.05 Å². The largest absolute Gasteiger partial charge is 0.378 e. The third kappa shape index (κ3) is 6.47. The highest BCUT2D eigenvalue weighted by atomic mass is 35.5. The summed E-state index contributed by atoms with van der Waals surface area (Å²) in [7, 11) is 3.64. The van der Waals surface area contributed by atoms with Gasteiger partial charge in [0.2, 0.25) is 11.8 Å². The van der Waals surface area contributed by atoms with Crippen molar-refractivity contribution in [2.75, 3.05) is 38.5 Å². The molecule has 256 valence electrons. The van der Waals surface area contributed by atoms with Gasteiger partial charge in [-0.3, -0.25) is 29.3 Å². The summed E-state index contributed by atoms with van der Waals surface area (Å²) in [6, 6.07) is 13.1. The second kappa shape index (κ2) is 13.4. The van der Waals surface area contributed by atoms with Gasteiger partial charge in [0.25, 0.3) is 17.4 Å². The van der Waals surface area contributed by atoms with Crippen LogP contribution in [0.3, 0.4) is 0 Å². The van der Waals surface area contributed by atoms with Gasteiger partial charge in [0.15, 0.2) is 0 Å². The molecule has 12 nitrogen and oxygen atoms in total. The van der Waals surface area contributed by atoms with Crippen LogP contribution in [-0.2, 0) is 23.2 Å². The van der Waals surface area contributed by atoms with E-state index in [4.69, 9.17) is 11.6 Å². The Morgan fingerprint density at radius 3 is 2.45 bits per heavy atom. The van der Waals surface area contributed by atoms with Crippen LogP contribution in [0.15, 0.2) is 53.5 Å². The van der Waals surface area contributed by atoms with Crippen molar-refractivity contribution in [3.8, 4) is 0 Å². The van der Waals surface area contributed by atoms with E-state index in [1.165, 1.54) is 4.68 Å². The molecular formula is C36H40ClN7O5. The molecule has 0 spiro atoms. The number of hydrogen-bond acceptors (Lipinski definition) is 8. The van der Waals surface area contributed by atoms with Gasteiger partial charge in [-0.1, -0.05) is 35.9 Å². The molecule has 2 aromatic carbocycles. The number of fused-ring (bicyclic) bond motifs is 1. The monoisotopic (exact) mass is 685 g/mol. The zero-order chi connectivity index (χ0) is 34.4. The van der Waals surface area contributed by atoms with Crippen LogP contribution in [0.1, 0.15) is 81.3 Å². The van der Waals surface area contributed by atoms with Crippen molar-refractivity contribution in [3.63, 3.8) is 0 Å². The van der Waals surface area contributed by atoms with E-state index in [1.54, 1.807) is 18.1 Å². The number of anilines is 1. The van der Waals surface area contributed by atoms with Crippen molar-refractivity contribution in [2.45, 2.75) is 62.6 Å². The zero-order valence-electron chi connectivity index (χ0n) is 27.7. The molecule has 49 heavy (non-hydrogen) atoms. The zero-order valence-corrected chi connectivity index (χ0v) is 28.4. The van der Waals surface area contributed by atoms with Gasteiger partial charge in [-0.15, -0.1) is 0 Å². The third-order valence-electron chi connectivity index (χ3n) is 10.5. The first kappa shape index (κ1) is 33.0. The third-order valence-corrected chi connectivity index (χ3v) is 10.9. The fourth-order valence-electron chi connectivity index (χ4n) is 7.96. The first-order valence-corrected chi connectivity index (χ1v) is 17.3. The Labute approximate surface area is 289 Å². The lowest BCUT2D eigenvalue weighted by molar-refractivity contribution is -0.136. The van der Waals surface area contributed by atoms with Gasteiger partial charge in [0.1, 0.15) is 11.1 Å². The summed E-state index contributed by atoms with van der Waals surface area (Å²) in [5, 5.41) is 10.0. The van der Waals surface area contributed by atoms with Crippen molar-refractivity contribution in [1.29, 1.82) is 0 Å². The van der Waals surface area contributed by atoms with E-state index in [0.29, 0.717) is 42.9 Å². The predicted molar refractivity (Wildman–Crippen MR) is 184 cm³/mol. The van der Waals surface area contributed by atoms with Crippen LogP contribution in [0.5, 0.6) is 0 Å². The molecule has 2 N–H and O–H groups in total. The molecule has 0 aliphatic carbocycles. The van der Waals surface area contributed by atoms with E-state index in [0.717, 1.165) is 49.0 Å². The molecule has 0 radical (unpaired) electrons. The molecular weight excluding hydrogens is 646 g/mol. The number of nitrogens with zero attached hydrogens (tertiary/aromatic N) is 5. The maximum absolute atomic E-state index is 13.6. The Morgan fingerprint density at radius 1 is 0.959 bits per heavy atom. The number of likely N-dealkylation sites (tertiary alicyclic amines) is 2. The second-order valence-corrected chi connectivity index (χ2v) is 14.1. The first-order valence-electron chi connectivity index (χ1n) is 16.9. The molecule has 3 fully saturated rings. The van der Waals surface area contributed by atoms with Crippen LogP contribution in [0.25, 0.3) is 0 Å². The first-order chi connectivity index (χ1) is 23.6. The summed E-state index contributed by atoms with van der Waals surface area (Å²) in [6.07, 6.45) is 4.55. The predicted octanol–water partition coefficient (Wildman–Crippen LogP) is 3.11. The number of imide groups is 1. The fourth-order valence-corrected chi connectivity index (χ4v) is 8.19. The van der Waals surface area contributed by atoms with Crippen LogP contribution >= 0.6 is 11.6 Å². The highest BCUT2D eigenvalue weighted by Gasteiger charge is 2.41. The average Bonchev–Trinajstić information content (AvgIpc) is 3.44. The minimum absolute atomic E-state index is 0.00982. The molecule has 0 bridgehead atoms. The number of aromatic nitrogens is 2. The van der Waals surface area contributed by atoms with Crippen LogP contribution in [0.4, 0.5) is 5.69 Å². The minimum Gasteiger partial charge on any atom is -0.378 e. The van der Waals surface area contributed by atoms with E-state index in [9.17, 15) is 24.0 Å². The van der Waals surface area contributed by atoms with Gasteiger partial charge < -0.3 is 20.0 Å². The van der Waals surface area contributed by atoms with E-state index >= 15 is 0 Å². The normalized spacial score (nSPS) is 23.4. The Balaban J connectivity index is 0.969. The number of likely N-dealkylation sites (N-methyl/N-ethyl adjacent to an activating group) is 1. The van der Waals surface area contributed by atoms with Crippen molar-refractivity contribution in [1.82, 2.24) is 29.8 Å². The van der Waals surface area contributed by atoms with Gasteiger partial charge >= 0.3 is 0 Å². The molecule has 1 aromatic heterocycles. The van der Waals surface area contributed by atoms with Gasteiger partial charge in [-0.2, -0.15) is 5.10 Å². The number of benzene rings is 2. The summed E-state index contributed by atoms with van der Waals surface area (Å²) in [4.78, 5) is 69.1. The van der Waals surface area contributed by atoms with Gasteiger partial charge in [0, 0.05) is 63.4 Å². The number of hydrogen-bond donors (Lipinski definition) is 2. The quantitative estimate of drug-likeness (QED) is 0.378. The molecule has 3 atom stereocenters. The number of rotatable bonds is 6. The Hall–Kier alpha value is -4.55. The highest BCUT2D eigenvalue weighted by Crippen LogP contribution is 2.37. The van der Waals surface area contributed by atoms with E-state index in [2.05, 4.69) is 33.7 Å². The molecule has 13 heteroatoms. The number of aryl methyl sites for hydroxylation is 1. The Morgan fingerprint density at radius 2 is 1.71 bits per heavy atom. The smallest absolute Gasteiger partial charge is 0.287 e. The summed E-state index contributed by atoms with van der Waals surface area (Å²) in [5.74, 6) is -0.433. The molecule has 4 aliphatic heterocycles. The summed E-state index contributed by atoms with van der Waals surface area (Å²) < 4.78 is 1.21. The molecule has 3 unspecified atom stereocenters. The summed E-state index contributed by atoms with van der Waals surface area (Å²) in [6.45, 7) is 3.25. The van der Waals surface area contributed by atoms with Gasteiger partial charge in [0.05, 0.1) is 11.9 Å². The number of carbonyl (C=O) groups is 4. The molecule has 0 saturated carbocycles. The molecule has 4 aliphatic rings. The number of amides is 4. The number of nitrogens with one attached hydrogen (secondary N) is 2. The van der Waals surface area contributed by atoms with Gasteiger partial charge in [-0.05, 0) is 79.5 Å². The standard InChI is InChI=1S/C36H40ClN7O5/c1-41-18-24(16-25(19-41)39-29-17-38-42(2)36(49)32(29)37)21-6-8-23(9-7-21)34(47)43-14-12-22(13-15-43)26-4-3-5-27-28(26)20-44(35(27)48)30-10-11-31(45)40-33(30)46/h3-9,17,22,24-25,30,39H,10-16,18-20H2,1-2H3,(H,40,45,46).